The number of hydrogen-bond acceptors (Lipinski definition) is 6. The van der Waals surface area contributed by atoms with Crippen molar-refractivity contribution in [3.8, 4) is 5.75 Å². The van der Waals surface area contributed by atoms with Gasteiger partial charge in [-0.1, -0.05) is 11.2 Å². The van der Waals surface area contributed by atoms with Crippen molar-refractivity contribution >= 4 is 33.6 Å². The maximum atomic E-state index is 12.3. The van der Waals surface area contributed by atoms with Crippen LogP contribution in [0.2, 0.25) is 0 Å². The van der Waals surface area contributed by atoms with Crippen molar-refractivity contribution in [1.82, 2.24) is 15.4 Å². The fraction of sp³-hybridized carbons (Fsp3) is 0.350. The summed E-state index contributed by atoms with van der Waals surface area (Å²) in [6.07, 6.45) is 0.744. The average molecular weight is 367 g/mol. The second-order valence-corrected chi connectivity index (χ2v) is 7.04. The largest absolute Gasteiger partial charge is 0.492 e. The molecule has 4 rings (SSSR count). The van der Waals surface area contributed by atoms with Gasteiger partial charge in [-0.25, -0.2) is 0 Å². The normalized spacial score (nSPS) is 17.7. The van der Waals surface area contributed by atoms with E-state index in [-0.39, 0.29) is 11.8 Å². The van der Waals surface area contributed by atoms with Gasteiger partial charge in [0.2, 0.25) is 11.8 Å². The molecule has 2 aromatic carbocycles. The number of benzene rings is 2. The summed E-state index contributed by atoms with van der Waals surface area (Å²) < 4.78 is 11.3. The molecule has 0 unspecified atom stereocenters. The fourth-order valence-corrected chi connectivity index (χ4v) is 3.40. The lowest BCUT2D eigenvalue weighted by Gasteiger charge is -2.19. The van der Waals surface area contributed by atoms with Crippen LogP contribution in [-0.2, 0) is 9.59 Å². The molecule has 140 valence electrons. The third kappa shape index (κ3) is 3.38. The third-order valence-corrected chi connectivity index (χ3v) is 4.83. The highest BCUT2D eigenvalue weighted by Crippen LogP contribution is 2.36. The van der Waals surface area contributed by atoms with Crippen molar-refractivity contribution in [2.45, 2.75) is 18.8 Å². The number of hydrogen-bond donors (Lipinski definition) is 1. The lowest BCUT2D eigenvalue weighted by atomic mass is 9.91. The van der Waals surface area contributed by atoms with Crippen LogP contribution in [0.5, 0.6) is 5.75 Å². The molecule has 1 atom stereocenters. The number of rotatable bonds is 5. The van der Waals surface area contributed by atoms with Crippen molar-refractivity contribution in [2.24, 2.45) is 0 Å². The number of aromatic nitrogens is 1. The average Bonchev–Trinajstić information content (AvgIpc) is 3.05. The molecular weight excluding hydrogens is 346 g/mol. The van der Waals surface area contributed by atoms with Crippen molar-refractivity contribution < 1.29 is 18.8 Å². The third-order valence-electron chi connectivity index (χ3n) is 4.83. The Balaban J connectivity index is 1.71. The van der Waals surface area contributed by atoms with E-state index in [9.17, 15) is 9.59 Å². The van der Waals surface area contributed by atoms with E-state index in [4.69, 9.17) is 9.26 Å². The predicted molar refractivity (Wildman–Crippen MR) is 101 cm³/mol. The number of amides is 2. The molecule has 1 N–H and O–H groups in total. The van der Waals surface area contributed by atoms with Gasteiger partial charge in [0.25, 0.3) is 0 Å². The molecule has 3 aromatic rings. The summed E-state index contributed by atoms with van der Waals surface area (Å²) in [4.78, 5) is 25.8. The molecule has 1 aromatic heterocycles. The zero-order valence-corrected chi connectivity index (χ0v) is 15.3. The first kappa shape index (κ1) is 17.5. The maximum absolute atomic E-state index is 12.3. The Morgan fingerprint density at radius 2 is 2.11 bits per heavy atom. The standard InChI is InChI=1S/C20H21N3O4/c1-23(2)9-10-26-13-4-5-14-12(11-13)3-7-16-18(14)19(22-27-16)15-6-8-17(24)21-20(15)25/h3-5,7,11,15H,6,8-10H2,1-2H3,(H,21,24,25)/t15-/m1/s1. The Morgan fingerprint density at radius 1 is 1.26 bits per heavy atom. The number of fused-ring (bicyclic) bond motifs is 3. The summed E-state index contributed by atoms with van der Waals surface area (Å²) in [5, 5.41) is 9.30. The molecule has 1 fully saturated rings. The predicted octanol–water partition coefficient (Wildman–Crippen LogP) is 2.44. The van der Waals surface area contributed by atoms with Crippen LogP contribution >= 0.6 is 0 Å². The van der Waals surface area contributed by atoms with Gasteiger partial charge in [0.05, 0.1) is 11.3 Å². The van der Waals surface area contributed by atoms with Gasteiger partial charge in [-0.3, -0.25) is 14.9 Å². The monoisotopic (exact) mass is 367 g/mol. The van der Waals surface area contributed by atoms with Gasteiger partial charge in [0, 0.05) is 13.0 Å². The summed E-state index contributed by atoms with van der Waals surface area (Å²) in [5.74, 6) is -0.246. The second-order valence-electron chi connectivity index (χ2n) is 7.04. The molecule has 0 aliphatic carbocycles. The molecule has 1 aliphatic heterocycles. The molecule has 0 spiro atoms. The zero-order valence-electron chi connectivity index (χ0n) is 15.3. The van der Waals surface area contributed by atoms with E-state index in [0.29, 0.717) is 30.7 Å². The molecule has 2 amide bonds. The summed E-state index contributed by atoms with van der Waals surface area (Å²) >= 11 is 0. The van der Waals surface area contributed by atoms with E-state index in [1.165, 1.54) is 0 Å². The summed E-state index contributed by atoms with van der Waals surface area (Å²) in [7, 11) is 4.01. The SMILES string of the molecule is CN(C)CCOc1ccc2c(ccc3onc([C@H]4CCC(=O)NC4=O)c32)c1. The fourth-order valence-electron chi connectivity index (χ4n) is 3.40. The molecule has 1 aliphatic rings. The van der Waals surface area contributed by atoms with Crippen LogP contribution < -0.4 is 10.1 Å². The van der Waals surface area contributed by atoms with Crippen LogP contribution in [0.3, 0.4) is 0 Å². The lowest BCUT2D eigenvalue weighted by Crippen LogP contribution is -2.39. The van der Waals surface area contributed by atoms with Crippen LogP contribution in [0.25, 0.3) is 21.7 Å². The van der Waals surface area contributed by atoms with Crippen molar-refractivity contribution in [2.75, 3.05) is 27.2 Å². The minimum Gasteiger partial charge on any atom is -0.492 e. The summed E-state index contributed by atoms with van der Waals surface area (Å²) in [5.41, 5.74) is 1.21. The topological polar surface area (TPSA) is 84.7 Å². The number of nitrogens with one attached hydrogen (secondary N) is 1. The van der Waals surface area contributed by atoms with Crippen LogP contribution in [0.4, 0.5) is 0 Å². The number of imide groups is 1. The number of nitrogens with zero attached hydrogens (tertiary/aromatic N) is 2. The molecule has 7 heteroatoms. The highest BCUT2D eigenvalue weighted by Gasteiger charge is 2.32. The number of ether oxygens (including phenoxy) is 1. The van der Waals surface area contributed by atoms with E-state index in [1.54, 1.807) is 0 Å². The van der Waals surface area contributed by atoms with Gasteiger partial charge in [-0.2, -0.15) is 0 Å². The Morgan fingerprint density at radius 3 is 2.89 bits per heavy atom. The van der Waals surface area contributed by atoms with Gasteiger partial charge in [-0.05, 0) is 55.6 Å². The Bertz CT molecular complexity index is 1020. The van der Waals surface area contributed by atoms with Gasteiger partial charge < -0.3 is 14.2 Å². The minimum atomic E-state index is -0.481. The highest BCUT2D eigenvalue weighted by atomic mass is 16.5. The molecule has 1 saturated heterocycles. The molecule has 7 nitrogen and oxygen atoms in total. The molecule has 27 heavy (non-hydrogen) atoms. The van der Waals surface area contributed by atoms with Gasteiger partial charge in [-0.15, -0.1) is 0 Å². The highest BCUT2D eigenvalue weighted by molar-refractivity contribution is 6.10. The van der Waals surface area contributed by atoms with Crippen LogP contribution in [0, 0.1) is 0 Å². The summed E-state index contributed by atoms with van der Waals surface area (Å²) in [6, 6.07) is 9.67. The van der Waals surface area contributed by atoms with E-state index in [0.717, 1.165) is 28.5 Å². The first-order chi connectivity index (χ1) is 13.0. The molecule has 0 radical (unpaired) electrons. The minimum absolute atomic E-state index is 0.242. The van der Waals surface area contributed by atoms with Gasteiger partial charge in [0.1, 0.15) is 18.1 Å². The number of carbonyl (C=O) groups is 2. The smallest absolute Gasteiger partial charge is 0.235 e. The van der Waals surface area contributed by atoms with Crippen molar-refractivity contribution in [1.29, 1.82) is 0 Å². The Kier molecular flexibility index (Phi) is 4.53. The molecule has 0 saturated carbocycles. The van der Waals surface area contributed by atoms with Crippen molar-refractivity contribution in [3.63, 3.8) is 0 Å². The second kappa shape index (κ2) is 7.00. The first-order valence-electron chi connectivity index (χ1n) is 8.96. The number of carbonyl (C=O) groups excluding carboxylic acids is 2. The number of likely N-dealkylation sites (N-methyl/N-ethyl adjacent to an activating group) is 1. The van der Waals surface area contributed by atoms with Gasteiger partial charge in [0.15, 0.2) is 5.58 Å². The quantitative estimate of drug-likeness (QED) is 0.697. The van der Waals surface area contributed by atoms with Crippen LogP contribution in [0.15, 0.2) is 34.9 Å². The van der Waals surface area contributed by atoms with E-state index < -0.39 is 5.92 Å². The van der Waals surface area contributed by atoms with Crippen LogP contribution in [0.1, 0.15) is 24.5 Å². The van der Waals surface area contributed by atoms with E-state index in [2.05, 4.69) is 15.4 Å². The maximum Gasteiger partial charge on any atom is 0.235 e. The lowest BCUT2D eigenvalue weighted by molar-refractivity contribution is -0.134. The van der Waals surface area contributed by atoms with Gasteiger partial charge >= 0.3 is 0 Å². The molecular formula is C20H21N3O4. The van der Waals surface area contributed by atoms with E-state index in [1.807, 2.05) is 44.4 Å². The van der Waals surface area contributed by atoms with Crippen molar-refractivity contribution in [3.05, 3.63) is 36.0 Å². The zero-order chi connectivity index (χ0) is 19.0. The Labute approximate surface area is 156 Å². The molecule has 0 bridgehead atoms. The Hall–Kier alpha value is -2.93. The first-order valence-corrected chi connectivity index (χ1v) is 8.96. The molecule has 2 heterocycles. The summed E-state index contributed by atoms with van der Waals surface area (Å²) in [6.45, 7) is 1.44. The number of piperidine rings is 1. The van der Waals surface area contributed by atoms with E-state index >= 15 is 0 Å². The van der Waals surface area contributed by atoms with Crippen LogP contribution in [-0.4, -0.2) is 49.1 Å².